The Kier molecular flexibility index (Phi) is 9.67. The molecule has 0 unspecified atom stereocenters. The number of hydrogen-bond donors (Lipinski definition) is 1. The lowest BCUT2D eigenvalue weighted by molar-refractivity contribution is -0.124. The third-order valence-corrected chi connectivity index (χ3v) is 12.5. The third kappa shape index (κ3) is 7.00. The third-order valence-electron chi connectivity index (χ3n) is 12.5. The van der Waals surface area contributed by atoms with Crippen LogP contribution in [0.4, 0.5) is 10.6 Å². The van der Waals surface area contributed by atoms with E-state index < -0.39 is 0 Å². The summed E-state index contributed by atoms with van der Waals surface area (Å²) in [6, 6.07) is 10.5. The number of aliphatic hydroxyl groups is 1. The summed E-state index contributed by atoms with van der Waals surface area (Å²) in [5.74, 6) is 2.18. The molecule has 8 rings (SSSR count). The Morgan fingerprint density at radius 2 is 1.75 bits per heavy atom. The van der Waals surface area contributed by atoms with Gasteiger partial charge in [0.05, 0.1) is 19.8 Å². The Hall–Kier alpha value is -3.92. The Bertz CT molecular complexity index is 1710. The number of aryl methyl sites for hydroxylation is 1. The minimum atomic E-state index is -0.352. The van der Waals surface area contributed by atoms with Gasteiger partial charge in [0.1, 0.15) is 29.6 Å². The van der Waals surface area contributed by atoms with Crippen LogP contribution >= 0.6 is 0 Å². The normalized spacial score (nSPS) is 27.5. The van der Waals surface area contributed by atoms with Crippen LogP contribution in [0.15, 0.2) is 47.2 Å². The number of anilines is 1. The second-order valence-corrected chi connectivity index (χ2v) is 16.8. The summed E-state index contributed by atoms with van der Waals surface area (Å²) in [6.45, 7) is 9.56. The molecule has 1 aliphatic heterocycles. The highest BCUT2D eigenvalue weighted by atomic mass is 16.6. The number of aliphatic hydroxyl groups excluding tert-OH is 1. The summed E-state index contributed by atoms with van der Waals surface area (Å²) in [5.41, 5.74) is 4.17. The molecule has 10 nitrogen and oxygen atoms in total. The number of fused-ring (bicyclic) bond motifs is 3. The van der Waals surface area contributed by atoms with Gasteiger partial charge in [0.15, 0.2) is 5.89 Å². The fraction of sp³-hybridized carbons (Fsp3) is 0.610. The molecule has 2 aromatic heterocycles. The maximum atomic E-state index is 14.7. The molecular weight excluding hydrogens is 644 g/mol. The fourth-order valence-electron chi connectivity index (χ4n) is 8.95. The van der Waals surface area contributed by atoms with Gasteiger partial charge in [-0.25, -0.2) is 14.8 Å². The van der Waals surface area contributed by atoms with Crippen LogP contribution < -0.4 is 9.64 Å². The fourth-order valence-corrected chi connectivity index (χ4v) is 8.95. The van der Waals surface area contributed by atoms with Crippen molar-refractivity contribution in [3.8, 4) is 17.0 Å². The Labute approximate surface area is 301 Å². The van der Waals surface area contributed by atoms with Gasteiger partial charge < -0.3 is 23.9 Å². The average Bonchev–Trinajstić information content (AvgIpc) is 3.63. The van der Waals surface area contributed by atoms with E-state index in [1.54, 1.807) is 24.5 Å². The molecule has 51 heavy (non-hydrogen) atoms. The van der Waals surface area contributed by atoms with Crippen molar-refractivity contribution in [3.05, 3.63) is 59.8 Å². The van der Waals surface area contributed by atoms with Crippen molar-refractivity contribution < 1.29 is 28.6 Å². The molecule has 4 saturated carbocycles. The SMILES string of the molecule is COc1ccc(C23CCC(CN(c4cc(-c5coc(C(C)(C)C)n5)ccn4)C(=O)[C@H]4CC[C@H](OC(=O)N5CC[C@H]5CO)CC4)(CC2)CC3)cc1C. The highest BCUT2D eigenvalue weighted by Gasteiger charge is 2.51. The maximum Gasteiger partial charge on any atom is 0.410 e. The summed E-state index contributed by atoms with van der Waals surface area (Å²) >= 11 is 0. The number of pyridine rings is 1. The van der Waals surface area contributed by atoms with Gasteiger partial charge in [-0.05, 0) is 118 Å². The summed E-state index contributed by atoms with van der Waals surface area (Å²) in [7, 11) is 1.73. The van der Waals surface area contributed by atoms with Gasteiger partial charge in [0.2, 0.25) is 5.91 Å². The minimum Gasteiger partial charge on any atom is -0.496 e. The van der Waals surface area contributed by atoms with E-state index in [1.165, 1.54) is 11.1 Å². The van der Waals surface area contributed by atoms with Gasteiger partial charge in [0, 0.05) is 36.2 Å². The van der Waals surface area contributed by atoms with E-state index in [4.69, 9.17) is 23.9 Å². The number of likely N-dealkylation sites (tertiary alicyclic amines) is 1. The van der Waals surface area contributed by atoms with Crippen molar-refractivity contribution >= 4 is 17.8 Å². The van der Waals surface area contributed by atoms with Crippen LogP contribution in [0, 0.1) is 18.3 Å². The molecule has 0 radical (unpaired) electrons. The number of carbonyl (C=O) groups is 2. The van der Waals surface area contributed by atoms with Gasteiger partial charge in [-0.2, -0.15) is 0 Å². The molecule has 10 heteroatoms. The van der Waals surface area contributed by atoms with Gasteiger partial charge >= 0.3 is 6.09 Å². The molecule has 5 fully saturated rings. The van der Waals surface area contributed by atoms with Crippen molar-refractivity contribution in [1.29, 1.82) is 0 Å². The summed E-state index contributed by atoms with van der Waals surface area (Å²) in [6.07, 6.45) is 12.8. The molecule has 5 aliphatic rings. The van der Waals surface area contributed by atoms with Crippen LogP contribution in [0.3, 0.4) is 0 Å². The first-order chi connectivity index (χ1) is 24.4. The smallest absolute Gasteiger partial charge is 0.410 e. The number of amides is 2. The summed E-state index contributed by atoms with van der Waals surface area (Å²) < 4.78 is 17.2. The number of ether oxygens (including phenoxy) is 2. The van der Waals surface area contributed by atoms with E-state index in [0.717, 1.165) is 62.0 Å². The predicted molar refractivity (Wildman–Crippen MR) is 195 cm³/mol. The molecule has 1 atom stereocenters. The standard InChI is InChI=1S/C41H54N4O6/c1-27-22-30(8-11-34(27)49-5)41-17-14-40(15-18-41,16-19-41)26-45(35-23-29(12-20-42-35)33-25-50-37(43-33)39(2,3)4)36(47)28-6-9-32(10-7-28)51-38(48)44-21-13-31(44)24-46/h8,11-12,20,22-23,25,28,31-32,46H,6-7,9-10,13-19,21,24,26H2,1-5H3/t28-,31-,32-,40?,41?/m0/s1. The van der Waals surface area contributed by atoms with Crippen LogP contribution in [0.25, 0.3) is 11.3 Å². The van der Waals surface area contributed by atoms with Crippen molar-refractivity contribution in [2.75, 3.05) is 31.7 Å². The molecule has 274 valence electrons. The lowest BCUT2D eigenvalue weighted by Crippen LogP contribution is -2.54. The summed E-state index contributed by atoms with van der Waals surface area (Å²) in [5, 5.41) is 9.51. The first kappa shape index (κ1) is 35.5. The van der Waals surface area contributed by atoms with E-state index in [2.05, 4.69) is 45.9 Å². The topological polar surface area (TPSA) is 118 Å². The number of nitrogens with zero attached hydrogens (tertiary/aromatic N) is 4. The molecule has 2 amide bonds. The number of benzene rings is 1. The zero-order valence-electron chi connectivity index (χ0n) is 31.0. The van der Waals surface area contributed by atoms with Crippen molar-refractivity contribution in [2.24, 2.45) is 11.3 Å². The lowest BCUT2D eigenvalue weighted by atomic mass is 9.51. The van der Waals surface area contributed by atoms with Gasteiger partial charge in [-0.1, -0.05) is 32.9 Å². The average molecular weight is 699 g/mol. The molecular formula is C41H54N4O6. The first-order valence-electron chi connectivity index (χ1n) is 18.9. The van der Waals surface area contributed by atoms with Crippen LogP contribution in [0.1, 0.15) is 108 Å². The molecule has 1 saturated heterocycles. The molecule has 1 N–H and O–H groups in total. The van der Waals surface area contributed by atoms with Crippen LogP contribution in [0.2, 0.25) is 0 Å². The van der Waals surface area contributed by atoms with Gasteiger partial charge in [0.25, 0.3) is 0 Å². The molecule has 3 heterocycles. The van der Waals surface area contributed by atoms with E-state index in [1.807, 2.05) is 17.0 Å². The molecule has 3 aromatic rings. The Morgan fingerprint density at radius 1 is 1.02 bits per heavy atom. The quantitative estimate of drug-likeness (QED) is 0.241. The number of oxazole rings is 1. The number of aromatic nitrogens is 2. The van der Waals surface area contributed by atoms with E-state index in [-0.39, 0.29) is 52.9 Å². The van der Waals surface area contributed by atoms with Crippen LogP contribution in [0.5, 0.6) is 5.75 Å². The van der Waals surface area contributed by atoms with Crippen molar-refractivity contribution in [3.63, 3.8) is 0 Å². The molecule has 4 aliphatic carbocycles. The number of rotatable bonds is 9. The molecule has 0 spiro atoms. The van der Waals surface area contributed by atoms with E-state index in [0.29, 0.717) is 50.5 Å². The summed E-state index contributed by atoms with van der Waals surface area (Å²) in [4.78, 5) is 40.6. The highest BCUT2D eigenvalue weighted by molar-refractivity contribution is 5.95. The van der Waals surface area contributed by atoms with Crippen molar-refractivity contribution in [1.82, 2.24) is 14.9 Å². The zero-order valence-corrected chi connectivity index (χ0v) is 31.0. The lowest BCUT2D eigenvalue weighted by Gasteiger charge is -2.55. The van der Waals surface area contributed by atoms with Gasteiger partial charge in [-0.3, -0.25) is 9.69 Å². The highest BCUT2D eigenvalue weighted by Crippen LogP contribution is 2.58. The second kappa shape index (κ2) is 13.9. The van der Waals surface area contributed by atoms with Gasteiger partial charge in [-0.15, -0.1) is 0 Å². The molecule has 2 bridgehead atoms. The largest absolute Gasteiger partial charge is 0.496 e. The number of hydrogen-bond acceptors (Lipinski definition) is 8. The predicted octanol–water partition coefficient (Wildman–Crippen LogP) is 7.74. The number of methoxy groups -OCH3 is 1. The second-order valence-electron chi connectivity index (χ2n) is 16.8. The number of carbonyl (C=O) groups excluding carboxylic acids is 2. The molecule has 1 aromatic carbocycles. The van der Waals surface area contributed by atoms with Crippen LogP contribution in [-0.4, -0.2) is 70.9 Å². The maximum absolute atomic E-state index is 14.7. The monoisotopic (exact) mass is 698 g/mol. The Morgan fingerprint density at radius 3 is 2.33 bits per heavy atom. The van der Waals surface area contributed by atoms with E-state index >= 15 is 0 Å². The first-order valence-corrected chi connectivity index (χ1v) is 18.9. The zero-order chi connectivity index (χ0) is 36.0. The van der Waals surface area contributed by atoms with E-state index in [9.17, 15) is 14.7 Å². The van der Waals surface area contributed by atoms with Crippen LogP contribution in [-0.2, 0) is 20.4 Å². The minimum absolute atomic E-state index is 0.0249. The van der Waals surface area contributed by atoms with Crippen molar-refractivity contribution in [2.45, 2.75) is 121 Å². The Balaban J connectivity index is 1.10.